The van der Waals surface area contributed by atoms with Gasteiger partial charge in [-0.2, -0.15) is 0 Å². The number of amides is 1. The Balaban J connectivity index is 2.17. The van der Waals surface area contributed by atoms with Gasteiger partial charge in [0.15, 0.2) is 0 Å². The van der Waals surface area contributed by atoms with E-state index in [1.807, 2.05) is 4.90 Å². The first kappa shape index (κ1) is 50.4. The molecule has 1 heterocycles. The minimum atomic E-state index is -0.551. The predicted molar refractivity (Wildman–Crippen MR) is 226 cm³/mol. The molecule has 0 spiro atoms. The molecule has 1 N–H and O–H groups in total. The average Bonchev–Trinajstić information content (AvgIpc) is 3.16. The molecule has 1 aliphatic heterocycles. The molecule has 1 fully saturated rings. The van der Waals surface area contributed by atoms with Crippen LogP contribution >= 0.6 is 0 Å². The predicted octanol–water partition coefficient (Wildman–Crippen LogP) is 13.0. The van der Waals surface area contributed by atoms with Gasteiger partial charge in [-0.15, -0.1) is 0 Å². The summed E-state index contributed by atoms with van der Waals surface area (Å²) in [4.78, 5) is 40.0. The third kappa shape index (κ3) is 28.7. The molecule has 0 aliphatic carbocycles. The molecule has 1 unspecified atom stereocenters. The lowest BCUT2D eigenvalue weighted by Crippen LogP contribution is -2.48. The summed E-state index contributed by atoms with van der Waals surface area (Å²) >= 11 is 0. The van der Waals surface area contributed by atoms with Crippen LogP contribution in [-0.2, 0) is 23.9 Å². The van der Waals surface area contributed by atoms with Crippen LogP contribution in [-0.4, -0.2) is 59.8 Å². The number of likely N-dealkylation sites (tertiary alicyclic amines) is 1. The van der Waals surface area contributed by atoms with Crippen LogP contribution in [0.15, 0.2) is 0 Å². The number of hydrogen-bond donors (Lipinski definition) is 1. The minimum Gasteiger partial charge on any atom is -0.466 e. The van der Waals surface area contributed by atoms with Crippen LogP contribution in [0.2, 0.25) is 0 Å². The summed E-state index contributed by atoms with van der Waals surface area (Å²) in [7, 11) is 0. The van der Waals surface area contributed by atoms with Crippen molar-refractivity contribution >= 4 is 17.8 Å². The Morgan fingerprint density at radius 2 is 1.04 bits per heavy atom. The Morgan fingerprint density at radius 1 is 0.593 bits per heavy atom. The van der Waals surface area contributed by atoms with E-state index in [-0.39, 0.29) is 29.9 Å². The fraction of sp³-hybridized carbons (Fsp3) is 0.936. The fourth-order valence-electron chi connectivity index (χ4n) is 7.93. The number of hydrogen-bond acceptors (Lipinski definition) is 6. The van der Waals surface area contributed by atoms with Gasteiger partial charge in [0.25, 0.3) is 0 Å². The molecule has 1 aliphatic rings. The second-order valence-corrected chi connectivity index (χ2v) is 16.7. The number of esters is 2. The van der Waals surface area contributed by atoms with Crippen molar-refractivity contribution < 1.29 is 29.0 Å². The molecule has 0 saturated carbocycles. The molecule has 2 atom stereocenters. The number of nitrogens with zero attached hydrogens (tertiary/aromatic N) is 1. The topological polar surface area (TPSA) is 93.1 Å². The quantitative estimate of drug-likeness (QED) is 0.0495. The molecule has 1 saturated heterocycles. The maximum absolute atomic E-state index is 13.2. The Morgan fingerprint density at radius 3 is 1.59 bits per heavy atom. The number of carbonyl (C=O) groups excluding carboxylic acids is 3. The standard InChI is InChI=1S/C47H89NO6/c1-4-7-10-13-16-17-18-24-32-41-53-45(50)36-30-25-31-39-48-40-38-44(49)43(47(48)52)35-28-22-19-23-29-37-46(51)54-42(33-26-20-14-11-8-5-2)34-27-21-15-12-9-6-3/h42-44,49H,4-41H2,1-3H3/t43?,44-/m1/s1. The highest BCUT2D eigenvalue weighted by molar-refractivity contribution is 5.80. The largest absolute Gasteiger partial charge is 0.466 e. The van der Waals surface area contributed by atoms with Crippen molar-refractivity contribution in [1.29, 1.82) is 0 Å². The second kappa shape index (κ2) is 37.0. The summed E-state index contributed by atoms with van der Waals surface area (Å²) in [6.07, 6.45) is 37.7. The van der Waals surface area contributed by atoms with Gasteiger partial charge in [0.1, 0.15) is 6.10 Å². The molecule has 1 amide bonds. The van der Waals surface area contributed by atoms with Gasteiger partial charge < -0.3 is 19.5 Å². The van der Waals surface area contributed by atoms with E-state index in [2.05, 4.69) is 20.8 Å². The van der Waals surface area contributed by atoms with Crippen molar-refractivity contribution in [2.75, 3.05) is 19.7 Å². The van der Waals surface area contributed by atoms with Gasteiger partial charge in [0.2, 0.25) is 5.91 Å². The van der Waals surface area contributed by atoms with Gasteiger partial charge >= 0.3 is 11.9 Å². The minimum absolute atomic E-state index is 0.0303. The van der Waals surface area contributed by atoms with Crippen LogP contribution in [0.1, 0.15) is 245 Å². The van der Waals surface area contributed by atoms with Crippen molar-refractivity contribution in [2.24, 2.45) is 5.92 Å². The molecular formula is C47H89NO6. The molecule has 7 heteroatoms. The first-order chi connectivity index (χ1) is 26.4. The van der Waals surface area contributed by atoms with Gasteiger partial charge in [-0.3, -0.25) is 14.4 Å². The van der Waals surface area contributed by atoms with E-state index in [4.69, 9.17) is 9.47 Å². The Kier molecular flexibility index (Phi) is 34.5. The Labute approximate surface area is 334 Å². The highest BCUT2D eigenvalue weighted by atomic mass is 16.5. The zero-order valence-electron chi connectivity index (χ0n) is 36.0. The molecule has 0 aromatic carbocycles. The lowest BCUT2D eigenvalue weighted by Gasteiger charge is -2.35. The lowest BCUT2D eigenvalue weighted by molar-refractivity contribution is -0.150. The fourth-order valence-corrected chi connectivity index (χ4v) is 7.93. The lowest BCUT2D eigenvalue weighted by atomic mass is 9.88. The summed E-state index contributed by atoms with van der Waals surface area (Å²) < 4.78 is 11.4. The van der Waals surface area contributed by atoms with Gasteiger partial charge in [-0.05, 0) is 64.2 Å². The van der Waals surface area contributed by atoms with Gasteiger partial charge in [-0.25, -0.2) is 0 Å². The van der Waals surface area contributed by atoms with E-state index in [0.29, 0.717) is 39.0 Å². The van der Waals surface area contributed by atoms with E-state index in [1.54, 1.807) is 0 Å². The number of rotatable bonds is 39. The number of piperidine rings is 1. The molecule has 0 aromatic rings. The van der Waals surface area contributed by atoms with Crippen molar-refractivity contribution in [2.45, 2.75) is 258 Å². The molecule has 0 radical (unpaired) electrons. The monoisotopic (exact) mass is 764 g/mol. The van der Waals surface area contributed by atoms with Crippen molar-refractivity contribution in [3.8, 4) is 0 Å². The smallest absolute Gasteiger partial charge is 0.306 e. The van der Waals surface area contributed by atoms with Crippen LogP contribution in [0.4, 0.5) is 0 Å². The Hall–Kier alpha value is -1.63. The van der Waals surface area contributed by atoms with E-state index in [0.717, 1.165) is 96.3 Å². The van der Waals surface area contributed by atoms with Crippen LogP contribution in [0.25, 0.3) is 0 Å². The number of aliphatic hydroxyl groups is 1. The number of aliphatic hydroxyl groups excluding tert-OH is 1. The summed E-state index contributed by atoms with van der Waals surface area (Å²) in [6, 6.07) is 0. The highest BCUT2D eigenvalue weighted by Crippen LogP contribution is 2.25. The summed E-state index contributed by atoms with van der Waals surface area (Å²) in [6.45, 7) is 8.60. The van der Waals surface area contributed by atoms with Gasteiger partial charge in [-0.1, -0.05) is 168 Å². The van der Waals surface area contributed by atoms with Gasteiger partial charge in [0, 0.05) is 25.9 Å². The van der Waals surface area contributed by atoms with Crippen LogP contribution in [0.5, 0.6) is 0 Å². The molecule has 7 nitrogen and oxygen atoms in total. The number of carbonyl (C=O) groups is 3. The molecule has 0 aromatic heterocycles. The molecule has 1 rings (SSSR count). The maximum atomic E-state index is 13.2. The van der Waals surface area contributed by atoms with E-state index in [1.165, 1.54) is 109 Å². The average molecular weight is 764 g/mol. The SMILES string of the molecule is CCCCCCCCCCCOC(=O)CCCCCN1CC[C@@H](O)C(CCCCCCCC(=O)OC(CCCCCCCC)CCCCCCCC)C1=O. The highest BCUT2D eigenvalue weighted by Gasteiger charge is 2.34. The van der Waals surface area contributed by atoms with Crippen LogP contribution in [0, 0.1) is 5.92 Å². The molecule has 54 heavy (non-hydrogen) atoms. The van der Waals surface area contributed by atoms with Crippen molar-refractivity contribution in [3.63, 3.8) is 0 Å². The van der Waals surface area contributed by atoms with E-state index >= 15 is 0 Å². The van der Waals surface area contributed by atoms with E-state index < -0.39 is 6.10 Å². The number of unbranched alkanes of at least 4 members (excludes halogenated alkanes) is 24. The zero-order chi connectivity index (χ0) is 39.3. The zero-order valence-corrected chi connectivity index (χ0v) is 36.0. The first-order valence-corrected chi connectivity index (χ1v) is 23.7. The summed E-state index contributed by atoms with van der Waals surface area (Å²) in [5, 5.41) is 10.6. The number of ether oxygens (including phenoxy) is 2. The third-order valence-corrected chi connectivity index (χ3v) is 11.6. The normalized spacial score (nSPS) is 16.0. The summed E-state index contributed by atoms with van der Waals surface area (Å²) in [5.41, 5.74) is 0. The Bertz CT molecular complexity index is 864. The van der Waals surface area contributed by atoms with Crippen molar-refractivity contribution in [3.05, 3.63) is 0 Å². The van der Waals surface area contributed by atoms with Crippen molar-refractivity contribution in [1.82, 2.24) is 4.90 Å². The molecule has 318 valence electrons. The maximum Gasteiger partial charge on any atom is 0.306 e. The molecular weight excluding hydrogens is 675 g/mol. The van der Waals surface area contributed by atoms with E-state index in [9.17, 15) is 19.5 Å². The van der Waals surface area contributed by atoms with Crippen LogP contribution in [0.3, 0.4) is 0 Å². The first-order valence-electron chi connectivity index (χ1n) is 23.7. The van der Waals surface area contributed by atoms with Gasteiger partial charge in [0.05, 0.1) is 18.6 Å². The summed E-state index contributed by atoms with van der Waals surface area (Å²) in [5.74, 6) is -0.344. The third-order valence-electron chi connectivity index (χ3n) is 11.6. The second-order valence-electron chi connectivity index (χ2n) is 16.7. The molecule has 0 bridgehead atoms. The van der Waals surface area contributed by atoms with Crippen LogP contribution < -0.4 is 0 Å².